The Morgan fingerprint density at radius 1 is 1.18 bits per heavy atom. The zero-order valence-electron chi connectivity index (χ0n) is 20.1. The van der Waals surface area contributed by atoms with Gasteiger partial charge in [0, 0.05) is 31.6 Å². The summed E-state index contributed by atoms with van der Waals surface area (Å²) in [5.41, 5.74) is 3.11. The van der Waals surface area contributed by atoms with Gasteiger partial charge >= 0.3 is 0 Å². The summed E-state index contributed by atoms with van der Waals surface area (Å²) in [5.74, 6) is 1.12. The Morgan fingerprint density at radius 2 is 1.91 bits per heavy atom. The van der Waals surface area contributed by atoms with Crippen molar-refractivity contribution in [1.29, 1.82) is 0 Å². The van der Waals surface area contributed by atoms with Crippen LogP contribution in [0.2, 0.25) is 0 Å². The molecule has 0 unspecified atom stereocenters. The van der Waals surface area contributed by atoms with Crippen molar-refractivity contribution >= 4 is 10.0 Å². The van der Waals surface area contributed by atoms with Crippen LogP contribution in [-0.4, -0.2) is 68.2 Å². The zero-order valence-corrected chi connectivity index (χ0v) is 20.9. The first-order valence-electron chi connectivity index (χ1n) is 11.9. The van der Waals surface area contributed by atoms with Crippen molar-refractivity contribution in [2.24, 2.45) is 11.8 Å². The molecule has 0 spiro atoms. The van der Waals surface area contributed by atoms with Gasteiger partial charge in [-0.15, -0.1) is 0 Å². The minimum absolute atomic E-state index is 0.0364. The molecule has 1 fully saturated rings. The van der Waals surface area contributed by atoms with E-state index in [1.807, 2.05) is 50.2 Å². The van der Waals surface area contributed by atoms with E-state index in [1.54, 1.807) is 13.0 Å². The molecule has 0 saturated heterocycles. The Kier molecular flexibility index (Phi) is 7.15. The van der Waals surface area contributed by atoms with Crippen LogP contribution in [0.3, 0.4) is 0 Å². The molecule has 0 amide bonds. The van der Waals surface area contributed by atoms with Crippen LogP contribution in [0.4, 0.5) is 0 Å². The van der Waals surface area contributed by atoms with Gasteiger partial charge in [0.25, 0.3) is 0 Å². The Bertz CT molecular complexity index is 1080. The second-order valence-electron chi connectivity index (χ2n) is 9.88. The maximum atomic E-state index is 13.6. The maximum Gasteiger partial charge on any atom is 0.247 e. The number of aliphatic hydroxyl groups excluding tert-OH is 1. The molecule has 3 atom stereocenters. The molecule has 2 aliphatic rings. The van der Waals surface area contributed by atoms with Crippen LogP contribution in [0, 0.1) is 18.8 Å². The molecule has 0 aromatic heterocycles. The number of hydrogen-bond donors (Lipinski definition) is 1. The summed E-state index contributed by atoms with van der Waals surface area (Å²) in [6.07, 6.45) is 2.41. The summed E-state index contributed by atoms with van der Waals surface area (Å²) in [7, 11) is -1.71. The van der Waals surface area contributed by atoms with Crippen LogP contribution in [-0.2, 0) is 10.0 Å². The number of likely N-dealkylation sites (N-methyl/N-ethyl adjacent to an activating group) is 1. The van der Waals surface area contributed by atoms with E-state index in [0.717, 1.165) is 35.7 Å². The number of aliphatic hydroxyl groups is 1. The molecule has 6 nitrogen and oxygen atoms in total. The standard InChI is InChI=1S/C26H36N2O4S/c1-18-7-5-6-8-23(18)22-11-12-26-24(13-22)32-25(16-27(4)15-21-9-10-21)19(2)14-28(20(3)17-29)33(26,30)31/h5-8,11-13,19-21,25,29H,9-10,14-17H2,1-4H3/t19-,20-,25-/m0/s1. The fraction of sp³-hybridized carbons (Fsp3) is 0.538. The van der Waals surface area contributed by atoms with Gasteiger partial charge in [-0.2, -0.15) is 4.31 Å². The third-order valence-corrected chi connectivity index (χ3v) is 8.90. The van der Waals surface area contributed by atoms with Crippen molar-refractivity contribution in [3.05, 3.63) is 48.0 Å². The molecule has 7 heteroatoms. The number of benzene rings is 2. The van der Waals surface area contributed by atoms with Crippen molar-refractivity contribution in [2.75, 3.05) is 33.3 Å². The minimum atomic E-state index is -3.82. The summed E-state index contributed by atoms with van der Waals surface area (Å²) in [6, 6.07) is 12.9. The van der Waals surface area contributed by atoms with Crippen molar-refractivity contribution in [3.8, 4) is 16.9 Å². The zero-order chi connectivity index (χ0) is 23.8. The highest BCUT2D eigenvalue weighted by Crippen LogP contribution is 2.37. The van der Waals surface area contributed by atoms with Crippen LogP contribution in [0.15, 0.2) is 47.4 Å². The van der Waals surface area contributed by atoms with E-state index in [0.29, 0.717) is 12.3 Å². The highest BCUT2D eigenvalue weighted by molar-refractivity contribution is 7.89. The van der Waals surface area contributed by atoms with Crippen molar-refractivity contribution in [3.63, 3.8) is 0 Å². The number of sulfonamides is 1. The van der Waals surface area contributed by atoms with Gasteiger partial charge in [0.2, 0.25) is 10.0 Å². The normalized spacial score (nSPS) is 23.9. The van der Waals surface area contributed by atoms with Crippen LogP contribution < -0.4 is 4.74 Å². The quantitative estimate of drug-likeness (QED) is 0.664. The third-order valence-electron chi connectivity index (χ3n) is 6.88. The SMILES string of the molecule is Cc1ccccc1-c1ccc2c(c1)O[C@@H](CN(C)CC1CC1)[C@@H](C)CN([C@@H](C)CO)S2(=O)=O. The number of fused-ring (bicyclic) bond motifs is 1. The van der Waals surface area contributed by atoms with Crippen LogP contribution in [0.1, 0.15) is 32.3 Å². The topological polar surface area (TPSA) is 70.1 Å². The number of hydrogen-bond acceptors (Lipinski definition) is 5. The molecular formula is C26H36N2O4S. The molecule has 1 aliphatic heterocycles. The first-order chi connectivity index (χ1) is 15.7. The molecule has 0 radical (unpaired) electrons. The molecule has 4 rings (SSSR count). The van der Waals surface area contributed by atoms with E-state index < -0.39 is 16.1 Å². The molecular weight excluding hydrogens is 436 g/mol. The predicted molar refractivity (Wildman–Crippen MR) is 131 cm³/mol. The summed E-state index contributed by atoms with van der Waals surface area (Å²) in [4.78, 5) is 2.47. The average molecular weight is 473 g/mol. The second-order valence-corrected chi connectivity index (χ2v) is 11.7. The smallest absolute Gasteiger partial charge is 0.247 e. The molecule has 1 heterocycles. The lowest BCUT2D eigenvalue weighted by atomic mass is 10.00. The van der Waals surface area contributed by atoms with Crippen molar-refractivity contribution < 1.29 is 18.3 Å². The molecule has 2 aromatic carbocycles. The Morgan fingerprint density at radius 3 is 2.58 bits per heavy atom. The van der Waals surface area contributed by atoms with E-state index in [1.165, 1.54) is 17.1 Å². The monoisotopic (exact) mass is 472 g/mol. The summed E-state index contributed by atoms with van der Waals surface area (Å²) < 4.78 is 35.2. The minimum Gasteiger partial charge on any atom is -0.487 e. The Balaban J connectivity index is 1.76. The molecule has 1 N–H and O–H groups in total. The van der Waals surface area contributed by atoms with E-state index in [4.69, 9.17) is 4.74 Å². The molecule has 33 heavy (non-hydrogen) atoms. The predicted octanol–water partition coefficient (Wildman–Crippen LogP) is 3.77. The van der Waals surface area contributed by atoms with E-state index in [-0.39, 0.29) is 23.5 Å². The largest absolute Gasteiger partial charge is 0.487 e. The first kappa shape index (κ1) is 24.2. The van der Waals surface area contributed by atoms with Crippen LogP contribution in [0.5, 0.6) is 5.75 Å². The number of rotatable bonds is 7. The van der Waals surface area contributed by atoms with E-state index in [2.05, 4.69) is 11.9 Å². The fourth-order valence-corrected chi connectivity index (χ4v) is 6.46. The Hall–Kier alpha value is -1.93. The van der Waals surface area contributed by atoms with Crippen LogP contribution >= 0.6 is 0 Å². The lowest BCUT2D eigenvalue weighted by Gasteiger charge is -2.37. The lowest BCUT2D eigenvalue weighted by molar-refractivity contribution is 0.0741. The summed E-state index contributed by atoms with van der Waals surface area (Å²) in [5, 5.41) is 9.81. The van der Waals surface area contributed by atoms with Crippen molar-refractivity contribution in [1.82, 2.24) is 9.21 Å². The molecule has 180 valence electrons. The van der Waals surface area contributed by atoms with E-state index in [9.17, 15) is 13.5 Å². The third kappa shape index (κ3) is 5.27. The molecule has 0 bridgehead atoms. The average Bonchev–Trinajstić information content (AvgIpc) is 3.59. The van der Waals surface area contributed by atoms with Gasteiger partial charge < -0.3 is 14.7 Å². The molecule has 2 aromatic rings. The van der Waals surface area contributed by atoms with E-state index >= 15 is 0 Å². The second kappa shape index (κ2) is 9.74. The van der Waals surface area contributed by atoms with Gasteiger partial charge in [0.1, 0.15) is 16.7 Å². The number of aryl methyl sites for hydroxylation is 1. The molecule has 1 saturated carbocycles. The van der Waals surface area contributed by atoms with Gasteiger partial charge in [-0.25, -0.2) is 8.42 Å². The number of ether oxygens (including phenoxy) is 1. The number of nitrogens with zero attached hydrogens (tertiary/aromatic N) is 2. The van der Waals surface area contributed by atoms with Gasteiger partial charge in [0.15, 0.2) is 0 Å². The van der Waals surface area contributed by atoms with Gasteiger partial charge in [-0.1, -0.05) is 37.3 Å². The van der Waals surface area contributed by atoms with Crippen LogP contribution in [0.25, 0.3) is 11.1 Å². The van der Waals surface area contributed by atoms with Gasteiger partial charge in [0.05, 0.1) is 6.61 Å². The first-order valence-corrected chi connectivity index (χ1v) is 13.3. The summed E-state index contributed by atoms with van der Waals surface area (Å²) >= 11 is 0. The summed E-state index contributed by atoms with van der Waals surface area (Å²) in [6.45, 7) is 7.69. The highest BCUT2D eigenvalue weighted by atomic mass is 32.2. The maximum absolute atomic E-state index is 13.6. The molecule has 1 aliphatic carbocycles. The van der Waals surface area contributed by atoms with Gasteiger partial charge in [-0.05, 0) is 68.5 Å². The lowest BCUT2D eigenvalue weighted by Crippen LogP contribution is -2.49. The highest BCUT2D eigenvalue weighted by Gasteiger charge is 2.38. The van der Waals surface area contributed by atoms with Gasteiger partial charge in [-0.3, -0.25) is 0 Å². The van der Waals surface area contributed by atoms with Crippen molar-refractivity contribution in [2.45, 2.75) is 50.7 Å². The Labute approximate surface area is 198 Å². The fourth-order valence-electron chi connectivity index (χ4n) is 4.63.